The van der Waals surface area contributed by atoms with Gasteiger partial charge in [-0.2, -0.15) is 0 Å². The molecule has 0 aromatic heterocycles. The van der Waals surface area contributed by atoms with Crippen LogP contribution in [0.3, 0.4) is 0 Å². The molecule has 0 spiro atoms. The van der Waals surface area contributed by atoms with Gasteiger partial charge in [-0.15, -0.1) is 0 Å². The first kappa shape index (κ1) is 9.99. The van der Waals surface area contributed by atoms with E-state index in [2.05, 4.69) is 37.2 Å². The summed E-state index contributed by atoms with van der Waals surface area (Å²) in [7, 11) is 0. The van der Waals surface area contributed by atoms with Crippen molar-refractivity contribution in [2.45, 2.75) is 18.8 Å². The van der Waals surface area contributed by atoms with Crippen LogP contribution in [0.4, 0.5) is 0 Å². The van der Waals surface area contributed by atoms with Crippen LogP contribution in [0.2, 0.25) is 0 Å². The standard InChI is InChI=1S/C8H10Br2N2/c1-4-6(9)3-7(10)12-8(4)5(2)11/h3,7,11-12H,1-2H3. The predicted octanol–water partition coefficient (Wildman–Crippen LogP) is 2.90. The molecule has 2 nitrogen and oxygen atoms in total. The minimum absolute atomic E-state index is 0.117. The smallest absolute Gasteiger partial charge is 0.102 e. The molecule has 0 aromatic carbocycles. The zero-order chi connectivity index (χ0) is 9.30. The Hall–Kier alpha value is -0.0900. The summed E-state index contributed by atoms with van der Waals surface area (Å²) in [6.45, 7) is 3.76. The van der Waals surface area contributed by atoms with E-state index in [1.54, 1.807) is 6.92 Å². The van der Waals surface area contributed by atoms with Gasteiger partial charge >= 0.3 is 0 Å². The van der Waals surface area contributed by atoms with E-state index < -0.39 is 0 Å². The van der Waals surface area contributed by atoms with Gasteiger partial charge in [-0.1, -0.05) is 31.9 Å². The number of halogens is 2. The Morgan fingerprint density at radius 1 is 1.67 bits per heavy atom. The molecule has 4 heteroatoms. The van der Waals surface area contributed by atoms with Crippen molar-refractivity contribution in [2.24, 2.45) is 0 Å². The zero-order valence-electron chi connectivity index (χ0n) is 6.91. The van der Waals surface area contributed by atoms with E-state index in [0.29, 0.717) is 5.71 Å². The van der Waals surface area contributed by atoms with Gasteiger partial charge in [0.15, 0.2) is 0 Å². The lowest BCUT2D eigenvalue weighted by atomic mass is 10.1. The fourth-order valence-electron chi connectivity index (χ4n) is 1.05. The van der Waals surface area contributed by atoms with Gasteiger partial charge < -0.3 is 10.7 Å². The Morgan fingerprint density at radius 2 is 2.25 bits per heavy atom. The van der Waals surface area contributed by atoms with Gasteiger partial charge in [0.25, 0.3) is 0 Å². The fraction of sp³-hybridized carbons (Fsp3) is 0.375. The third kappa shape index (κ3) is 1.98. The van der Waals surface area contributed by atoms with Crippen LogP contribution in [-0.4, -0.2) is 10.7 Å². The number of rotatable bonds is 1. The molecule has 0 saturated heterocycles. The quantitative estimate of drug-likeness (QED) is 0.435. The van der Waals surface area contributed by atoms with Crippen LogP contribution >= 0.6 is 31.9 Å². The van der Waals surface area contributed by atoms with Crippen molar-refractivity contribution in [2.75, 3.05) is 0 Å². The first-order valence-corrected chi connectivity index (χ1v) is 5.28. The summed E-state index contributed by atoms with van der Waals surface area (Å²) in [5, 5.41) is 10.7. The maximum Gasteiger partial charge on any atom is 0.102 e. The molecule has 1 atom stereocenters. The van der Waals surface area contributed by atoms with Gasteiger partial charge in [0, 0.05) is 4.48 Å². The number of hydrogen-bond donors (Lipinski definition) is 2. The second-order valence-corrected chi connectivity index (χ2v) is 4.53. The van der Waals surface area contributed by atoms with E-state index in [9.17, 15) is 0 Å². The maximum absolute atomic E-state index is 7.51. The van der Waals surface area contributed by atoms with Gasteiger partial charge in [0.05, 0.1) is 11.4 Å². The van der Waals surface area contributed by atoms with E-state index in [1.807, 2.05) is 13.0 Å². The number of allylic oxidation sites excluding steroid dienone is 3. The number of dihydropyridines is 1. The first-order valence-electron chi connectivity index (χ1n) is 3.57. The van der Waals surface area contributed by atoms with Crippen molar-refractivity contribution in [1.82, 2.24) is 5.32 Å². The normalized spacial score (nSPS) is 23.3. The SMILES string of the molecule is CC(=N)C1=C(C)C(Br)=CC(Br)N1. The third-order valence-electron chi connectivity index (χ3n) is 1.68. The summed E-state index contributed by atoms with van der Waals surface area (Å²) in [5.74, 6) is 0. The summed E-state index contributed by atoms with van der Waals surface area (Å²) >= 11 is 6.86. The highest BCUT2D eigenvalue weighted by Gasteiger charge is 2.16. The summed E-state index contributed by atoms with van der Waals surface area (Å²) < 4.78 is 1.05. The van der Waals surface area contributed by atoms with Gasteiger partial charge in [-0.25, -0.2) is 0 Å². The van der Waals surface area contributed by atoms with Crippen molar-refractivity contribution in [1.29, 1.82) is 5.41 Å². The Labute approximate surface area is 88.9 Å². The molecule has 0 bridgehead atoms. The van der Waals surface area contributed by atoms with E-state index >= 15 is 0 Å². The summed E-state index contributed by atoms with van der Waals surface area (Å²) in [5.41, 5.74) is 2.53. The molecule has 0 fully saturated rings. The predicted molar refractivity (Wildman–Crippen MR) is 59.0 cm³/mol. The van der Waals surface area contributed by atoms with E-state index in [-0.39, 0.29) is 4.95 Å². The Kier molecular flexibility index (Phi) is 3.12. The van der Waals surface area contributed by atoms with E-state index in [0.717, 1.165) is 15.8 Å². The number of alkyl halides is 1. The topological polar surface area (TPSA) is 35.9 Å². The minimum atomic E-state index is 0.117. The molecular formula is C8H10Br2N2. The molecule has 0 radical (unpaired) electrons. The van der Waals surface area contributed by atoms with Crippen LogP contribution < -0.4 is 5.32 Å². The molecule has 1 unspecified atom stereocenters. The molecule has 2 N–H and O–H groups in total. The van der Waals surface area contributed by atoms with Crippen molar-refractivity contribution < 1.29 is 0 Å². The van der Waals surface area contributed by atoms with Crippen molar-refractivity contribution in [3.63, 3.8) is 0 Å². The number of hydrogen-bond acceptors (Lipinski definition) is 2. The Morgan fingerprint density at radius 3 is 2.75 bits per heavy atom. The monoisotopic (exact) mass is 292 g/mol. The largest absolute Gasteiger partial charge is 0.368 e. The zero-order valence-corrected chi connectivity index (χ0v) is 10.1. The van der Waals surface area contributed by atoms with Crippen LogP contribution in [0, 0.1) is 5.41 Å². The second-order valence-electron chi connectivity index (χ2n) is 2.69. The second kappa shape index (κ2) is 3.75. The lowest BCUT2D eigenvalue weighted by molar-refractivity contribution is 0.873. The molecule has 1 aliphatic rings. The van der Waals surface area contributed by atoms with E-state index in [1.165, 1.54) is 0 Å². The fourth-order valence-corrected chi connectivity index (χ4v) is 2.36. The third-order valence-corrected chi connectivity index (χ3v) is 3.04. The van der Waals surface area contributed by atoms with E-state index in [4.69, 9.17) is 5.41 Å². The molecular weight excluding hydrogens is 284 g/mol. The summed E-state index contributed by atoms with van der Waals surface area (Å²) in [6.07, 6.45) is 2.02. The van der Waals surface area contributed by atoms with Gasteiger partial charge in [-0.05, 0) is 25.5 Å². The van der Waals surface area contributed by atoms with Crippen LogP contribution in [0.5, 0.6) is 0 Å². The highest BCUT2D eigenvalue weighted by Crippen LogP contribution is 2.26. The molecule has 1 heterocycles. The van der Waals surface area contributed by atoms with Gasteiger partial charge in [0.1, 0.15) is 4.95 Å². The lowest BCUT2D eigenvalue weighted by Crippen LogP contribution is -2.29. The Balaban J connectivity index is 3.05. The van der Waals surface area contributed by atoms with Gasteiger partial charge in [0.2, 0.25) is 0 Å². The van der Waals surface area contributed by atoms with Crippen molar-refractivity contribution >= 4 is 37.6 Å². The van der Waals surface area contributed by atoms with Crippen LogP contribution in [0.15, 0.2) is 21.8 Å². The minimum Gasteiger partial charge on any atom is -0.368 e. The first-order chi connectivity index (χ1) is 5.52. The average Bonchev–Trinajstić information content (AvgIpc) is 1.96. The molecule has 0 amide bonds. The van der Waals surface area contributed by atoms with Crippen molar-refractivity contribution in [3.05, 3.63) is 21.8 Å². The molecule has 1 rings (SSSR count). The molecule has 66 valence electrons. The summed E-state index contributed by atoms with van der Waals surface area (Å²) in [4.78, 5) is 0.117. The van der Waals surface area contributed by atoms with Gasteiger partial charge in [-0.3, -0.25) is 0 Å². The maximum atomic E-state index is 7.51. The molecule has 0 aliphatic carbocycles. The summed E-state index contributed by atoms with van der Waals surface area (Å²) in [6, 6.07) is 0. The molecule has 0 saturated carbocycles. The highest BCUT2D eigenvalue weighted by molar-refractivity contribution is 9.12. The lowest BCUT2D eigenvalue weighted by Gasteiger charge is -2.21. The van der Waals surface area contributed by atoms with Crippen LogP contribution in [0.1, 0.15) is 13.8 Å². The molecule has 0 aromatic rings. The number of nitrogens with one attached hydrogen (secondary N) is 2. The van der Waals surface area contributed by atoms with Crippen LogP contribution in [-0.2, 0) is 0 Å². The average molecular weight is 294 g/mol. The van der Waals surface area contributed by atoms with Crippen LogP contribution in [0.25, 0.3) is 0 Å². The molecule has 1 aliphatic heterocycles. The molecule has 12 heavy (non-hydrogen) atoms. The van der Waals surface area contributed by atoms with Crippen molar-refractivity contribution in [3.8, 4) is 0 Å². The highest BCUT2D eigenvalue weighted by atomic mass is 79.9. The Bertz CT molecular complexity index is 279.